The Kier molecular flexibility index (Phi) is 4.05. The van der Waals surface area contributed by atoms with Gasteiger partial charge in [0, 0.05) is 5.92 Å². The molecule has 1 heterocycles. The van der Waals surface area contributed by atoms with Crippen molar-refractivity contribution in [3.05, 3.63) is 24.3 Å². The average molecular weight is 303 g/mol. The summed E-state index contributed by atoms with van der Waals surface area (Å²) in [6.45, 7) is 2.51. The molecule has 1 amide bonds. The van der Waals surface area contributed by atoms with Gasteiger partial charge in [-0.2, -0.15) is 0 Å². The van der Waals surface area contributed by atoms with Crippen molar-refractivity contribution in [2.45, 2.75) is 38.7 Å². The first-order valence-corrected chi connectivity index (χ1v) is 7.86. The Morgan fingerprint density at radius 2 is 1.77 bits per heavy atom. The van der Waals surface area contributed by atoms with Gasteiger partial charge in [0.1, 0.15) is 11.9 Å². The van der Waals surface area contributed by atoms with Crippen molar-refractivity contribution in [1.82, 2.24) is 0 Å². The molecule has 0 radical (unpaired) electrons. The van der Waals surface area contributed by atoms with Gasteiger partial charge >= 0.3 is 5.97 Å². The smallest absolute Gasteiger partial charge is 0.306 e. The third kappa shape index (κ3) is 2.80. The second-order valence-corrected chi connectivity index (χ2v) is 6.23. The largest absolute Gasteiger partial charge is 0.487 e. The van der Waals surface area contributed by atoms with Crippen LogP contribution in [-0.2, 0) is 9.59 Å². The molecule has 2 aliphatic rings. The van der Waals surface area contributed by atoms with Gasteiger partial charge in [-0.1, -0.05) is 12.1 Å². The van der Waals surface area contributed by atoms with E-state index in [1.165, 1.54) is 0 Å². The van der Waals surface area contributed by atoms with E-state index in [1.54, 1.807) is 0 Å². The summed E-state index contributed by atoms with van der Waals surface area (Å²) in [5, 5.41) is 9.06. The number of rotatable bonds is 2. The number of amides is 1. The van der Waals surface area contributed by atoms with E-state index in [1.807, 2.05) is 36.1 Å². The Morgan fingerprint density at radius 1 is 1.14 bits per heavy atom. The fourth-order valence-corrected chi connectivity index (χ4v) is 3.41. The maximum Gasteiger partial charge on any atom is 0.306 e. The number of hydrogen-bond donors (Lipinski definition) is 1. The number of aliphatic carboxylic acids is 1. The molecule has 1 unspecified atom stereocenters. The highest BCUT2D eigenvalue weighted by atomic mass is 16.5. The van der Waals surface area contributed by atoms with Crippen LogP contribution in [0, 0.1) is 11.8 Å². The van der Waals surface area contributed by atoms with E-state index in [0.29, 0.717) is 32.2 Å². The molecule has 5 heteroatoms. The highest BCUT2D eigenvalue weighted by molar-refractivity contribution is 5.97. The number of benzene rings is 1. The van der Waals surface area contributed by atoms with E-state index in [4.69, 9.17) is 9.84 Å². The van der Waals surface area contributed by atoms with Crippen molar-refractivity contribution in [2.75, 3.05) is 11.4 Å². The van der Waals surface area contributed by atoms with Gasteiger partial charge in [0.25, 0.3) is 0 Å². The average Bonchev–Trinajstić information content (AvgIpc) is 2.53. The molecule has 0 aromatic heterocycles. The number of ether oxygens (including phenoxy) is 1. The normalized spacial score (nSPS) is 27.7. The number of para-hydroxylation sites is 2. The number of carbonyl (C=O) groups excluding carboxylic acids is 1. The van der Waals surface area contributed by atoms with Crippen molar-refractivity contribution < 1.29 is 19.4 Å². The van der Waals surface area contributed by atoms with Crippen LogP contribution in [0.2, 0.25) is 0 Å². The zero-order valence-electron chi connectivity index (χ0n) is 12.7. The summed E-state index contributed by atoms with van der Waals surface area (Å²) in [7, 11) is 0. The number of carbonyl (C=O) groups is 2. The van der Waals surface area contributed by atoms with Crippen LogP contribution < -0.4 is 9.64 Å². The van der Waals surface area contributed by atoms with Gasteiger partial charge in [-0.25, -0.2) is 0 Å². The van der Waals surface area contributed by atoms with E-state index in [2.05, 4.69) is 0 Å². The number of hydrogen-bond acceptors (Lipinski definition) is 3. The Balaban J connectivity index is 1.74. The lowest BCUT2D eigenvalue weighted by Crippen LogP contribution is -2.45. The maximum absolute atomic E-state index is 12.9. The van der Waals surface area contributed by atoms with Crippen molar-refractivity contribution in [3.63, 3.8) is 0 Å². The molecule has 1 aliphatic heterocycles. The lowest BCUT2D eigenvalue weighted by atomic mass is 9.81. The molecule has 1 saturated carbocycles. The van der Waals surface area contributed by atoms with Gasteiger partial charge in [0.05, 0.1) is 18.2 Å². The summed E-state index contributed by atoms with van der Waals surface area (Å²) >= 11 is 0. The van der Waals surface area contributed by atoms with Gasteiger partial charge in [-0.15, -0.1) is 0 Å². The highest BCUT2D eigenvalue weighted by Gasteiger charge is 2.35. The van der Waals surface area contributed by atoms with Crippen molar-refractivity contribution in [1.29, 1.82) is 0 Å². The van der Waals surface area contributed by atoms with Gasteiger partial charge in [-0.3, -0.25) is 9.59 Å². The molecule has 0 spiro atoms. The first kappa shape index (κ1) is 14.9. The van der Waals surface area contributed by atoms with Crippen molar-refractivity contribution >= 4 is 17.6 Å². The zero-order chi connectivity index (χ0) is 15.7. The van der Waals surface area contributed by atoms with Crippen LogP contribution in [-0.4, -0.2) is 29.6 Å². The topological polar surface area (TPSA) is 66.8 Å². The van der Waals surface area contributed by atoms with E-state index in [0.717, 1.165) is 11.4 Å². The van der Waals surface area contributed by atoms with Gasteiger partial charge in [-0.05, 0) is 44.7 Å². The number of carboxylic acids is 1. The fourth-order valence-electron chi connectivity index (χ4n) is 3.41. The minimum absolute atomic E-state index is 0.0331. The van der Waals surface area contributed by atoms with Crippen molar-refractivity contribution in [3.8, 4) is 5.75 Å². The summed E-state index contributed by atoms with van der Waals surface area (Å²) in [5.74, 6) is -0.259. The zero-order valence-corrected chi connectivity index (χ0v) is 12.7. The first-order chi connectivity index (χ1) is 10.6. The number of anilines is 1. The molecule has 1 N–H and O–H groups in total. The van der Waals surface area contributed by atoms with Crippen molar-refractivity contribution in [2.24, 2.45) is 11.8 Å². The van der Waals surface area contributed by atoms with Crippen LogP contribution in [0.25, 0.3) is 0 Å². The van der Waals surface area contributed by atoms with Crippen LogP contribution >= 0.6 is 0 Å². The quantitative estimate of drug-likeness (QED) is 0.912. The maximum atomic E-state index is 12.9. The molecule has 3 rings (SSSR count). The predicted octanol–water partition coefficient (Wildman–Crippen LogP) is 2.69. The third-order valence-electron chi connectivity index (χ3n) is 4.62. The number of nitrogens with zero attached hydrogens (tertiary/aromatic N) is 1. The molecule has 0 saturated heterocycles. The standard InChI is InChI=1S/C17H21NO4/c1-11-10-18(14-4-2-3-5-15(14)22-11)16(19)12-6-8-13(9-7-12)17(20)21/h2-5,11-13H,6-10H2,1H3,(H,20,21). The van der Waals surface area contributed by atoms with Crippen LogP contribution in [0.5, 0.6) is 5.75 Å². The van der Waals surface area contributed by atoms with Crippen LogP contribution in [0.4, 0.5) is 5.69 Å². The minimum atomic E-state index is -0.740. The van der Waals surface area contributed by atoms with E-state index < -0.39 is 5.97 Å². The van der Waals surface area contributed by atoms with Crippen LogP contribution in [0.15, 0.2) is 24.3 Å². The van der Waals surface area contributed by atoms with Crippen LogP contribution in [0.1, 0.15) is 32.6 Å². The Morgan fingerprint density at radius 3 is 2.45 bits per heavy atom. The predicted molar refractivity (Wildman–Crippen MR) is 82.0 cm³/mol. The van der Waals surface area contributed by atoms with E-state index >= 15 is 0 Å². The molecule has 1 aliphatic carbocycles. The summed E-state index contributed by atoms with van der Waals surface area (Å²) in [6, 6.07) is 7.59. The molecule has 118 valence electrons. The van der Waals surface area contributed by atoms with Gasteiger partial charge in [0.2, 0.25) is 5.91 Å². The Bertz CT molecular complexity index is 578. The van der Waals surface area contributed by atoms with Crippen LogP contribution in [0.3, 0.4) is 0 Å². The first-order valence-electron chi connectivity index (χ1n) is 7.86. The molecule has 22 heavy (non-hydrogen) atoms. The molecular formula is C17H21NO4. The molecule has 1 aromatic rings. The molecule has 1 aromatic carbocycles. The summed E-state index contributed by atoms with van der Waals surface area (Å²) < 4.78 is 5.78. The second kappa shape index (κ2) is 5.99. The molecule has 1 fully saturated rings. The number of carboxylic acid groups (broad SMARTS) is 1. The summed E-state index contributed by atoms with van der Waals surface area (Å²) in [6.07, 6.45) is 2.46. The van der Waals surface area contributed by atoms with E-state index in [-0.39, 0.29) is 23.8 Å². The molecule has 1 atom stereocenters. The van der Waals surface area contributed by atoms with Gasteiger partial charge < -0.3 is 14.7 Å². The lowest BCUT2D eigenvalue weighted by molar-refractivity contribution is -0.144. The molecule has 0 bridgehead atoms. The summed E-state index contributed by atoms with van der Waals surface area (Å²) in [4.78, 5) is 25.7. The second-order valence-electron chi connectivity index (χ2n) is 6.23. The fraction of sp³-hybridized carbons (Fsp3) is 0.529. The highest BCUT2D eigenvalue weighted by Crippen LogP contribution is 2.37. The SMILES string of the molecule is CC1CN(C(=O)C2CCC(C(=O)O)CC2)c2ccccc2O1. The van der Waals surface area contributed by atoms with Gasteiger partial charge in [0.15, 0.2) is 0 Å². The van der Waals surface area contributed by atoms with E-state index in [9.17, 15) is 9.59 Å². The molecule has 5 nitrogen and oxygen atoms in total. The summed E-state index contributed by atoms with van der Waals surface area (Å²) in [5.41, 5.74) is 0.825. The monoisotopic (exact) mass is 303 g/mol. The lowest BCUT2D eigenvalue weighted by Gasteiger charge is -2.36. The minimum Gasteiger partial charge on any atom is -0.487 e. The Labute approximate surface area is 129 Å². The molecular weight excluding hydrogens is 282 g/mol. The number of fused-ring (bicyclic) bond motifs is 1. The third-order valence-corrected chi connectivity index (χ3v) is 4.62. The Hall–Kier alpha value is -2.04.